The zero-order valence-electron chi connectivity index (χ0n) is 10.9. The van der Waals surface area contributed by atoms with Gasteiger partial charge in [-0.2, -0.15) is 4.98 Å². The van der Waals surface area contributed by atoms with Crippen LogP contribution in [0, 0.1) is 0 Å². The fourth-order valence-electron chi connectivity index (χ4n) is 1.92. The summed E-state index contributed by atoms with van der Waals surface area (Å²) in [6.07, 6.45) is 3.31. The number of fused-ring (bicyclic) bond motifs is 1. The Morgan fingerprint density at radius 1 is 1.24 bits per heavy atom. The molecule has 106 valence electrons. The van der Waals surface area contributed by atoms with Crippen molar-refractivity contribution in [3.8, 4) is 0 Å². The number of anilines is 1. The van der Waals surface area contributed by atoms with Crippen LogP contribution in [0.2, 0.25) is 0 Å². The van der Waals surface area contributed by atoms with Crippen molar-refractivity contribution < 1.29 is 14.4 Å². The highest BCUT2D eigenvalue weighted by molar-refractivity contribution is 5.96. The predicted molar refractivity (Wildman–Crippen MR) is 73.0 cm³/mol. The summed E-state index contributed by atoms with van der Waals surface area (Å²) in [5.41, 5.74) is 0.767. The molecule has 8 heteroatoms. The smallest absolute Gasteiger partial charge is 0.335 e. The number of benzene rings is 1. The molecule has 0 amide bonds. The summed E-state index contributed by atoms with van der Waals surface area (Å²) >= 11 is 0. The van der Waals surface area contributed by atoms with E-state index < -0.39 is 5.97 Å². The minimum Gasteiger partial charge on any atom is -0.478 e. The number of rotatable bonds is 5. The molecule has 0 aliphatic carbocycles. The second-order valence-electron chi connectivity index (χ2n) is 4.27. The average Bonchev–Trinajstić information content (AvgIpc) is 3.00. The number of hydrogen-bond donors (Lipinski definition) is 2. The van der Waals surface area contributed by atoms with E-state index in [0.29, 0.717) is 30.2 Å². The van der Waals surface area contributed by atoms with E-state index in [1.807, 2.05) is 0 Å². The van der Waals surface area contributed by atoms with Crippen LogP contribution in [0.25, 0.3) is 10.9 Å². The van der Waals surface area contributed by atoms with Gasteiger partial charge in [-0.05, 0) is 18.2 Å². The molecule has 2 heterocycles. The van der Waals surface area contributed by atoms with E-state index in [0.717, 1.165) is 5.39 Å². The van der Waals surface area contributed by atoms with Crippen molar-refractivity contribution in [2.24, 2.45) is 0 Å². The Hall–Kier alpha value is -3.03. The SMILES string of the molecule is O=C(O)c1ccc2c(NCCc3ncno3)ncnc2c1. The van der Waals surface area contributed by atoms with Gasteiger partial charge in [0.15, 0.2) is 6.33 Å². The van der Waals surface area contributed by atoms with Crippen LogP contribution in [0.15, 0.2) is 35.4 Å². The Morgan fingerprint density at radius 3 is 2.90 bits per heavy atom. The third-order valence-electron chi connectivity index (χ3n) is 2.92. The van der Waals surface area contributed by atoms with Gasteiger partial charge >= 0.3 is 5.97 Å². The number of carboxylic acid groups (broad SMARTS) is 1. The number of nitrogens with one attached hydrogen (secondary N) is 1. The molecule has 0 saturated heterocycles. The van der Waals surface area contributed by atoms with Crippen molar-refractivity contribution in [3.63, 3.8) is 0 Å². The summed E-state index contributed by atoms with van der Waals surface area (Å²) in [4.78, 5) is 23.1. The van der Waals surface area contributed by atoms with Crippen LogP contribution in [0.5, 0.6) is 0 Å². The minimum absolute atomic E-state index is 0.193. The van der Waals surface area contributed by atoms with Crippen LogP contribution in [0.1, 0.15) is 16.2 Å². The largest absolute Gasteiger partial charge is 0.478 e. The summed E-state index contributed by atoms with van der Waals surface area (Å²) in [6.45, 7) is 0.564. The van der Waals surface area contributed by atoms with Gasteiger partial charge in [0.2, 0.25) is 5.89 Å². The normalized spacial score (nSPS) is 10.7. The Kier molecular flexibility index (Phi) is 3.42. The summed E-state index contributed by atoms with van der Waals surface area (Å²) in [5, 5.41) is 16.4. The third kappa shape index (κ3) is 2.78. The lowest BCUT2D eigenvalue weighted by molar-refractivity contribution is 0.0697. The summed E-state index contributed by atoms with van der Waals surface area (Å²) in [7, 11) is 0. The Labute approximate surface area is 118 Å². The molecule has 1 aromatic carbocycles. The van der Waals surface area contributed by atoms with Crippen molar-refractivity contribution in [1.29, 1.82) is 0 Å². The maximum absolute atomic E-state index is 11.0. The van der Waals surface area contributed by atoms with E-state index in [9.17, 15) is 4.79 Å². The molecule has 2 N–H and O–H groups in total. The van der Waals surface area contributed by atoms with Crippen LogP contribution in [0.3, 0.4) is 0 Å². The molecular formula is C13H11N5O3. The number of hydrogen-bond acceptors (Lipinski definition) is 7. The molecule has 21 heavy (non-hydrogen) atoms. The van der Waals surface area contributed by atoms with Gasteiger partial charge in [-0.15, -0.1) is 0 Å². The molecule has 0 saturated carbocycles. The zero-order chi connectivity index (χ0) is 14.7. The molecule has 0 aliphatic heterocycles. The van der Waals surface area contributed by atoms with Gasteiger partial charge < -0.3 is 14.9 Å². The van der Waals surface area contributed by atoms with E-state index in [2.05, 4.69) is 25.4 Å². The maximum atomic E-state index is 11.0. The highest BCUT2D eigenvalue weighted by Crippen LogP contribution is 2.20. The Bertz CT molecular complexity index is 773. The maximum Gasteiger partial charge on any atom is 0.335 e. The molecule has 0 spiro atoms. The highest BCUT2D eigenvalue weighted by Gasteiger charge is 2.08. The van der Waals surface area contributed by atoms with Gasteiger partial charge in [0.1, 0.15) is 12.1 Å². The summed E-state index contributed by atoms with van der Waals surface area (Å²) in [5.74, 6) is 0.187. The number of aromatic carboxylic acids is 1. The third-order valence-corrected chi connectivity index (χ3v) is 2.92. The molecule has 3 rings (SSSR count). The van der Waals surface area contributed by atoms with Crippen LogP contribution in [0.4, 0.5) is 5.82 Å². The molecule has 0 bridgehead atoms. The Morgan fingerprint density at radius 2 is 2.14 bits per heavy atom. The van der Waals surface area contributed by atoms with Crippen LogP contribution in [-0.4, -0.2) is 37.7 Å². The molecule has 2 aromatic heterocycles. The van der Waals surface area contributed by atoms with Gasteiger partial charge in [-0.25, -0.2) is 14.8 Å². The van der Waals surface area contributed by atoms with E-state index in [1.165, 1.54) is 24.8 Å². The summed E-state index contributed by atoms with van der Waals surface area (Å²) in [6, 6.07) is 4.73. The van der Waals surface area contributed by atoms with Crippen LogP contribution < -0.4 is 5.32 Å². The van der Waals surface area contributed by atoms with Gasteiger partial charge in [0.05, 0.1) is 11.1 Å². The first kappa shape index (κ1) is 13.0. The highest BCUT2D eigenvalue weighted by atomic mass is 16.5. The first-order valence-corrected chi connectivity index (χ1v) is 6.21. The standard InChI is InChI=1S/C13H11N5O3/c19-13(20)8-1-2-9-10(5-8)15-6-17-12(9)14-4-3-11-16-7-18-21-11/h1-2,5-7H,3-4H2,(H,19,20)(H,14,15,17). The molecule has 3 aromatic rings. The average molecular weight is 285 g/mol. The first-order valence-electron chi connectivity index (χ1n) is 6.21. The van der Waals surface area contributed by atoms with Crippen molar-refractivity contribution in [1.82, 2.24) is 20.1 Å². The second-order valence-corrected chi connectivity index (χ2v) is 4.27. The monoisotopic (exact) mass is 285 g/mol. The lowest BCUT2D eigenvalue weighted by Gasteiger charge is -2.07. The first-order chi connectivity index (χ1) is 10.2. The van der Waals surface area contributed by atoms with Crippen molar-refractivity contribution in [2.75, 3.05) is 11.9 Å². The van der Waals surface area contributed by atoms with E-state index in [4.69, 9.17) is 9.63 Å². The minimum atomic E-state index is -0.985. The zero-order valence-corrected chi connectivity index (χ0v) is 10.9. The molecule has 0 unspecified atom stereocenters. The van der Waals surface area contributed by atoms with E-state index in [-0.39, 0.29) is 5.56 Å². The predicted octanol–water partition coefficient (Wildman–Crippen LogP) is 1.37. The fraction of sp³-hybridized carbons (Fsp3) is 0.154. The van der Waals surface area contributed by atoms with Crippen LogP contribution in [-0.2, 0) is 6.42 Å². The van der Waals surface area contributed by atoms with Gasteiger partial charge in [-0.3, -0.25) is 0 Å². The van der Waals surface area contributed by atoms with Crippen molar-refractivity contribution >= 4 is 22.7 Å². The number of carbonyl (C=O) groups is 1. The quantitative estimate of drug-likeness (QED) is 0.722. The Balaban J connectivity index is 1.80. The topological polar surface area (TPSA) is 114 Å². The summed E-state index contributed by atoms with van der Waals surface area (Å²) < 4.78 is 4.90. The molecular weight excluding hydrogens is 274 g/mol. The molecule has 0 aliphatic rings. The van der Waals surface area contributed by atoms with Gasteiger partial charge in [-0.1, -0.05) is 5.16 Å². The lowest BCUT2D eigenvalue weighted by Crippen LogP contribution is -2.07. The lowest BCUT2D eigenvalue weighted by atomic mass is 10.1. The van der Waals surface area contributed by atoms with E-state index in [1.54, 1.807) is 6.07 Å². The number of nitrogens with zero attached hydrogens (tertiary/aromatic N) is 4. The molecule has 0 atom stereocenters. The molecule has 8 nitrogen and oxygen atoms in total. The van der Waals surface area contributed by atoms with Gasteiger partial charge in [0.25, 0.3) is 0 Å². The fourth-order valence-corrected chi connectivity index (χ4v) is 1.92. The number of aromatic nitrogens is 4. The number of carboxylic acids is 1. The van der Waals surface area contributed by atoms with E-state index >= 15 is 0 Å². The second kappa shape index (κ2) is 5.53. The molecule has 0 radical (unpaired) electrons. The van der Waals surface area contributed by atoms with Crippen molar-refractivity contribution in [3.05, 3.63) is 42.3 Å². The van der Waals surface area contributed by atoms with Gasteiger partial charge in [0, 0.05) is 18.4 Å². The molecule has 0 fully saturated rings. The van der Waals surface area contributed by atoms with Crippen molar-refractivity contribution in [2.45, 2.75) is 6.42 Å². The van der Waals surface area contributed by atoms with Crippen LogP contribution >= 0.6 is 0 Å².